The Hall–Kier alpha value is -2.67. The van der Waals surface area contributed by atoms with Crippen LogP contribution in [0.25, 0.3) is 10.8 Å². The number of benzene rings is 1. The molecule has 0 atom stereocenters. The molecule has 0 radical (unpaired) electrons. The lowest BCUT2D eigenvalue weighted by molar-refractivity contribution is 0.474. The Morgan fingerprint density at radius 3 is 2.96 bits per heavy atom. The number of aromatic nitrogens is 1. The monoisotopic (exact) mass is 358 g/mol. The van der Waals surface area contributed by atoms with Gasteiger partial charge in [0, 0.05) is 20.6 Å². The molecule has 0 fully saturated rings. The van der Waals surface area contributed by atoms with E-state index in [-0.39, 0.29) is 5.82 Å². The summed E-state index contributed by atoms with van der Waals surface area (Å²) in [5.74, 6) is 1.08. The Morgan fingerprint density at radius 1 is 1.36 bits per heavy atom. The summed E-state index contributed by atoms with van der Waals surface area (Å²) in [7, 11) is 3.62. The smallest absolute Gasteiger partial charge is 0.236 e. The molecule has 0 aliphatic heterocycles. The zero-order valence-corrected chi connectivity index (χ0v) is 14.9. The van der Waals surface area contributed by atoms with Gasteiger partial charge in [-0.15, -0.1) is 11.3 Å². The van der Waals surface area contributed by atoms with Crippen LogP contribution in [0.15, 0.2) is 57.5 Å². The Balaban J connectivity index is 1.59. The first-order valence-corrected chi connectivity index (χ1v) is 8.68. The average molecular weight is 358 g/mol. The first-order valence-electron chi connectivity index (χ1n) is 7.80. The lowest BCUT2D eigenvalue weighted by atomic mass is 10.2. The number of nitrogens with zero attached hydrogens (tertiary/aromatic N) is 3. The van der Waals surface area contributed by atoms with Crippen molar-refractivity contribution in [2.75, 3.05) is 14.1 Å². The second-order valence-electron chi connectivity index (χ2n) is 5.51. The Morgan fingerprint density at radius 2 is 2.24 bits per heavy atom. The Kier molecular flexibility index (Phi) is 5.45. The lowest BCUT2D eigenvalue weighted by Gasteiger charge is -2.21. The molecule has 0 unspecified atom stereocenters. The molecule has 0 aliphatic rings. The lowest BCUT2D eigenvalue weighted by Crippen LogP contribution is -2.38. The SMILES string of the molecule is CN=C(NCc1coc(-c2cccs2)n1)N(C)Cc1cccc(F)c1. The summed E-state index contributed by atoms with van der Waals surface area (Å²) in [6.07, 6.45) is 1.64. The molecule has 0 amide bonds. The highest BCUT2D eigenvalue weighted by molar-refractivity contribution is 7.13. The van der Waals surface area contributed by atoms with E-state index in [0.717, 1.165) is 16.1 Å². The van der Waals surface area contributed by atoms with E-state index in [1.165, 1.54) is 12.1 Å². The Bertz CT molecular complexity index is 844. The number of hydrogen-bond donors (Lipinski definition) is 1. The zero-order valence-electron chi connectivity index (χ0n) is 14.1. The molecule has 0 spiro atoms. The highest BCUT2D eigenvalue weighted by Gasteiger charge is 2.10. The zero-order chi connectivity index (χ0) is 17.6. The van der Waals surface area contributed by atoms with Crippen LogP contribution in [0, 0.1) is 5.82 Å². The molecule has 0 saturated heterocycles. The fourth-order valence-electron chi connectivity index (χ4n) is 2.44. The van der Waals surface area contributed by atoms with Gasteiger partial charge in [-0.2, -0.15) is 0 Å². The van der Waals surface area contributed by atoms with E-state index in [0.29, 0.717) is 24.9 Å². The molecule has 5 nitrogen and oxygen atoms in total. The largest absolute Gasteiger partial charge is 0.443 e. The third kappa shape index (κ3) is 4.45. The fraction of sp³-hybridized carbons (Fsp3) is 0.222. The number of halogens is 1. The van der Waals surface area contributed by atoms with Crippen LogP contribution in [0.4, 0.5) is 4.39 Å². The number of nitrogens with one attached hydrogen (secondary N) is 1. The summed E-state index contributed by atoms with van der Waals surface area (Å²) >= 11 is 1.59. The molecule has 7 heteroatoms. The van der Waals surface area contributed by atoms with Crippen molar-refractivity contribution in [2.45, 2.75) is 13.1 Å². The summed E-state index contributed by atoms with van der Waals surface area (Å²) in [6, 6.07) is 10.5. The van der Waals surface area contributed by atoms with Crippen LogP contribution in [-0.2, 0) is 13.1 Å². The van der Waals surface area contributed by atoms with Crippen molar-refractivity contribution in [3.63, 3.8) is 0 Å². The molecular formula is C18H19FN4OS. The normalized spacial score (nSPS) is 11.6. The second-order valence-corrected chi connectivity index (χ2v) is 6.46. The summed E-state index contributed by atoms with van der Waals surface area (Å²) < 4.78 is 18.8. The van der Waals surface area contributed by atoms with Gasteiger partial charge in [0.25, 0.3) is 0 Å². The van der Waals surface area contributed by atoms with Crippen LogP contribution in [-0.4, -0.2) is 29.9 Å². The Labute approximate surface area is 149 Å². The van der Waals surface area contributed by atoms with Crippen molar-refractivity contribution < 1.29 is 8.81 Å². The third-order valence-electron chi connectivity index (χ3n) is 3.59. The van der Waals surface area contributed by atoms with Gasteiger partial charge in [-0.05, 0) is 29.1 Å². The molecule has 0 aliphatic carbocycles. The van der Waals surface area contributed by atoms with Gasteiger partial charge < -0.3 is 14.6 Å². The van der Waals surface area contributed by atoms with Crippen molar-refractivity contribution in [1.82, 2.24) is 15.2 Å². The minimum atomic E-state index is -0.238. The maximum atomic E-state index is 13.3. The van der Waals surface area contributed by atoms with Crippen LogP contribution in [0.5, 0.6) is 0 Å². The number of guanidine groups is 1. The number of rotatable bonds is 5. The minimum Gasteiger partial charge on any atom is -0.443 e. The van der Waals surface area contributed by atoms with Crippen molar-refractivity contribution >= 4 is 17.3 Å². The molecule has 0 bridgehead atoms. The van der Waals surface area contributed by atoms with Gasteiger partial charge >= 0.3 is 0 Å². The maximum Gasteiger partial charge on any atom is 0.236 e. The van der Waals surface area contributed by atoms with E-state index < -0.39 is 0 Å². The molecular weight excluding hydrogens is 339 g/mol. The average Bonchev–Trinajstić information content (AvgIpc) is 3.27. The molecule has 130 valence electrons. The molecule has 3 rings (SSSR count). The topological polar surface area (TPSA) is 53.7 Å². The molecule has 2 aromatic heterocycles. The van der Waals surface area contributed by atoms with Gasteiger partial charge in [0.05, 0.1) is 17.1 Å². The summed E-state index contributed by atoms with van der Waals surface area (Å²) in [5.41, 5.74) is 1.68. The first-order chi connectivity index (χ1) is 12.2. The van der Waals surface area contributed by atoms with Crippen molar-refractivity contribution in [1.29, 1.82) is 0 Å². The maximum absolute atomic E-state index is 13.3. The van der Waals surface area contributed by atoms with Gasteiger partial charge in [-0.25, -0.2) is 9.37 Å². The van der Waals surface area contributed by atoms with Gasteiger partial charge in [-0.3, -0.25) is 4.99 Å². The van der Waals surface area contributed by atoms with Gasteiger partial charge in [0.15, 0.2) is 5.96 Å². The quantitative estimate of drug-likeness (QED) is 0.557. The highest BCUT2D eigenvalue weighted by Crippen LogP contribution is 2.23. The van der Waals surface area contributed by atoms with Gasteiger partial charge in [0.2, 0.25) is 5.89 Å². The predicted molar refractivity (Wildman–Crippen MR) is 97.9 cm³/mol. The minimum absolute atomic E-state index is 0.238. The predicted octanol–water partition coefficient (Wildman–Crippen LogP) is 3.75. The molecule has 1 N–H and O–H groups in total. The van der Waals surface area contributed by atoms with E-state index in [1.807, 2.05) is 35.5 Å². The first kappa shape index (κ1) is 17.2. The van der Waals surface area contributed by atoms with E-state index in [4.69, 9.17) is 4.42 Å². The number of oxazole rings is 1. The number of aliphatic imine (C=N–C) groups is 1. The van der Waals surface area contributed by atoms with Crippen molar-refractivity contribution in [2.24, 2.45) is 4.99 Å². The molecule has 1 aromatic carbocycles. The molecule has 3 aromatic rings. The van der Waals surface area contributed by atoms with Crippen LogP contribution in [0.1, 0.15) is 11.3 Å². The summed E-state index contributed by atoms with van der Waals surface area (Å²) in [6.45, 7) is 1.05. The van der Waals surface area contributed by atoms with E-state index >= 15 is 0 Å². The number of thiophene rings is 1. The van der Waals surface area contributed by atoms with Crippen molar-refractivity contribution in [3.8, 4) is 10.8 Å². The van der Waals surface area contributed by atoms with Crippen molar-refractivity contribution in [3.05, 3.63) is 65.1 Å². The molecule has 0 saturated carbocycles. The fourth-order valence-corrected chi connectivity index (χ4v) is 3.10. The standard InChI is InChI=1S/C18H19FN4OS/c1-20-18(23(2)11-13-5-3-6-14(19)9-13)21-10-15-12-24-17(22-15)16-7-4-8-25-16/h3-9,12H,10-11H2,1-2H3,(H,20,21). The van der Waals surface area contributed by atoms with E-state index in [2.05, 4.69) is 15.3 Å². The highest BCUT2D eigenvalue weighted by atomic mass is 32.1. The van der Waals surface area contributed by atoms with E-state index in [1.54, 1.807) is 30.7 Å². The van der Waals surface area contributed by atoms with Gasteiger partial charge in [-0.1, -0.05) is 18.2 Å². The van der Waals surface area contributed by atoms with Gasteiger partial charge in [0.1, 0.15) is 12.1 Å². The van der Waals surface area contributed by atoms with Crippen LogP contribution in [0.3, 0.4) is 0 Å². The second kappa shape index (κ2) is 7.94. The van der Waals surface area contributed by atoms with E-state index in [9.17, 15) is 4.39 Å². The molecule has 25 heavy (non-hydrogen) atoms. The van der Waals surface area contributed by atoms with Crippen LogP contribution < -0.4 is 5.32 Å². The van der Waals surface area contributed by atoms with Crippen LogP contribution in [0.2, 0.25) is 0 Å². The summed E-state index contributed by atoms with van der Waals surface area (Å²) in [4.78, 5) is 11.7. The summed E-state index contributed by atoms with van der Waals surface area (Å²) in [5, 5.41) is 5.23. The van der Waals surface area contributed by atoms with Crippen LogP contribution >= 0.6 is 11.3 Å². The number of hydrogen-bond acceptors (Lipinski definition) is 4. The third-order valence-corrected chi connectivity index (χ3v) is 4.45. The molecule has 2 heterocycles.